The number of aryl methyl sites for hydroxylation is 1. The molecule has 0 spiro atoms. The Morgan fingerprint density at radius 2 is 1.60 bits per heavy atom. The first-order chi connectivity index (χ1) is 17.0. The maximum Gasteiger partial charge on any atom is 0.290 e. The lowest BCUT2D eigenvalue weighted by molar-refractivity contribution is -0.129. The maximum atomic E-state index is 13.4. The van der Waals surface area contributed by atoms with Crippen LogP contribution in [0.25, 0.3) is 10.9 Å². The first kappa shape index (κ1) is 22.6. The molecule has 2 heterocycles. The fraction of sp³-hybridized carbons (Fsp3) is 0.172. The van der Waals surface area contributed by atoms with Crippen LogP contribution in [0.3, 0.4) is 0 Å². The van der Waals surface area contributed by atoms with Crippen LogP contribution in [-0.2, 0) is 22.4 Å². The van der Waals surface area contributed by atoms with Gasteiger partial charge in [0.05, 0.1) is 11.6 Å². The standard InChI is InChI=1S/C29H25FN2O3/c30-21-13-10-20(11-14-21)16-17-32-27(23-18-31-24-9-5-4-8-22(23)24)26(28(34)29(32)35)25(33)15-12-19-6-2-1-3-7-19/h1-11,13-14,18,27,31,34H,12,15-17H2. The van der Waals surface area contributed by atoms with E-state index in [-0.39, 0.29) is 30.1 Å². The molecule has 1 amide bonds. The molecule has 0 radical (unpaired) electrons. The second kappa shape index (κ2) is 9.58. The number of Topliss-reactive ketones (excluding diaryl/α,β-unsaturated/α-hetero) is 1. The predicted molar refractivity (Wildman–Crippen MR) is 132 cm³/mol. The second-order valence-corrected chi connectivity index (χ2v) is 8.74. The highest BCUT2D eigenvalue weighted by atomic mass is 19.1. The van der Waals surface area contributed by atoms with E-state index in [1.807, 2.05) is 54.6 Å². The van der Waals surface area contributed by atoms with Gasteiger partial charge in [-0.3, -0.25) is 9.59 Å². The Bertz CT molecular complexity index is 1410. The van der Waals surface area contributed by atoms with Crippen molar-refractivity contribution in [1.82, 2.24) is 9.88 Å². The first-order valence-corrected chi connectivity index (χ1v) is 11.6. The van der Waals surface area contributed by atoms with Crippen LogP contribution >= 0.6 is 0 Å². The minimum atomic E-state index is -0.706. The lowest BCUT2D eigenvalue weighted by Crippen LogP contribution is -2.33. The maximum absolute atomic E-state index is 13.4. The number of nitrogens with zero attached hydrogens (tertiary/aromatic N) is 1. The molecule has 0 aliphatic carbocycles. The Balaban J connectivity index is 1.48. The average Bonchev–Trinajstić information content (AvgIpc) is 3.41. The van der Waals surface area contributed by atoms with Crippen LogP contribution in [0.1, 0.15) is 29.2 Å². The smallest absolute Gasteiger partial charge is 0.290 e. The van der Waals surface area contributed by atoms with Crippen LogP contribution < -0.4 is 0 Å². The zero-order valence-corrected chi connectivity index (χ0v) is 19.1. The molecule has 0 saturated carbocycles. The Morgan fingerprint density at radius 1 is 0.914 bits per heavy atom. The van der Waals surface area contributed by atoms with Gasteiger partial charge in [0.25, 0.3) is 5.91 Å². The normalized spacial score (nSPS) is 15.9. The molecular weight excluding hydrogens is 443 g/mol. The van der Waals surface area contributed by atoms with Gasteiger partial charge >= 0.3 is 0 Å². The van der Waals surface area contributed by atoms with E-state index in [9.17, 15) is 19.1 Å². The van der Waals surface area contributed by atoms with E-state index in [0.717, 1.165) is 27.6 Å². The summed E-state index contributed by atoms with van der Waals surface area (Å²) in [6, 6.07) is 22.7. The SMILES string of the molecule is O=C(CCc1ccccc1)C1=C(O)C(=O)N(CCc2ccc(F)cc2)C1c1c[nH]c2ccccc12. The second-order valence-electron chi connectivity index (χ2n) is 8.74. The molecule has 176 valence electrons. The molecule has 2 N–H and O–H groups in total. The van der Waals surface area contributed by atoms with Crippen molar-refractivity contribution in [3.8, 4) is 0 Å². The third-order valence-corrected chi connectivity index (χ3v) is 6.56. The van der Waals surface area contributed by atoms with Crippen molar-refractivity contribution in [2.75, 3.05) is 6.54 Å². The largest absolute Gasteiger partial charge is 0.503 e. The summed E-state index contributed by atoms with van der Waals surface area (Å²) < 4.78 is 13.3. The molecule has 6 heteroatoms. The van der Waals surface area contributed by atoms with Crippen molar-refractivity contribution in [3.05, 3.63) is 119 Å². The summed E-state index contributed by atoms with van der Waals surface area (Å²) >= 11 is 0. The van der Waals surface area contributed by atoms with E-state index in [4.69, 9.17) is 0 Å². The molecule has 1 aromatic heterocycles. The summed E-state index contributed by atoms with van der Waals surface area (Å²) in [5, 5.41) is 11.8. The number of carbonyl (C=O) groups is 2. The van der Waals surface area contributed by atoms with Gasteiger partial charge in [0.1, 0.15) is 5.82 Å². The number of aliphatic hydroxyl groups is 1. The fourth-order valence-electron chi connectivity index (χ4n) is 4.75. The zero-order chi connectivity index (χ0) is 24.4. The molecular formula is C29H25FN2O3. The number of amides is 1. The molecule has 1 atom stereocenters. The molecule has 1 unspecified atom stereocenters. The summed E-state index contributed by atoms with van der Waals surface area (Å²) in [4.78, 5) is 31.4. The third-order valence-electron chi connectivity index (χ3n) is 6.56. The highest BCUT2D eigenvalue weighted by Crippen LogP contribution is 2.41. The number of benzene rings is 3. The number of para-hydroxylation sites is 1. The van der Waals surface area contributed by atoms with E-state index in [1.54, 1.807) is 23.2 Å². The number of aromatic nitrogens is 1. The number of hydrogen-bond donors (Lipinski definition) is 2. The molecule has 0 bridgehead atoms. The minimum Gasteiger partial charge on any atom is -0.503 e. The van der Waals surface area contributed by atoms with Gasteiger partial charge < -0.3 is 15.0 Å². The first-order valence-electron chi connectivity index (χ1n) is 11.6. The van der Waals surface area contributed by atoms with Crippen molar-refractivity contribution in [3.63, 3.8) is 0 Å². The number of fused-ring (bicyclic) bond motifs is 1. The molecule has 0 fully saturated rings. The average molecular weight is 469 g/mol. The Hall–Kier alpha value is -4.19. The van der Waals surface area contributed by atoms with E-state index >= 15 is 0 Å². The summed E-state index contributed by atoms with van der Waals surface area (Å²) in [5.74, 6) is -1.63. The van der Waals surface area contributed by atoms with Gasteiger partial charge in [-0.25, -0.2) is 4.39 Å². The van der Waals surface area contributed by atoms with E-state index < -0.39 is 17.7 Å². The molecule has 4 aromatic rings. The molecule has 5 rings (SSSR count). The molecule has 3 aromatic carbocycles. The summed E-state index contributed by atoms with van der Waals surface area (Å²) in [6.45, 7) is 0.272. The monoisotopic (exact) mass is 468 g/mol. The zero-order valence-electron chi connectivity index (χ0n) is 19.1. The van der Waals surface area contributed by atoms with Crippen LogP contribution in [0.15, 0.2) is 96.4 Å². The highest BCUT2D eigenvalue weighted by Gasteiger charge is 2.43. The van der Waals surface area contributed by atoms with E-state index in [2.05, 4.69) is 4.98 Å². The van der Waals surface area contributed by atoms with Gasteiger partial charge in [-0.15, -0.1) is 0 Å². The number of rotatable bonds is 8. The number of aromatic amines is 1. The predicted octanol–water partition coefficient (Wildman–Crippen LogP) is 5.45. The number of halogens is 1. The van der Waals surface area contributed by atoms with Crippen LogP contribution in [0.5, 0.6) is 0 Å². The number of aliphatic hydroxyl groups excluding tert-OH is 1. The quantitative estimate of drug-likeness (QED) is 0.361. The van der Waals surface area contributed by atoms with Gasteiger partial charge in [-0.05, 0) is 42.2 Å². The molecule has 1 aliphatic heterocycles. The lowest BCUT2D eigenvalue weighted by Gasteiger charge is -2.26. The summed E-state index contributed by atoms with van der Waals surface area (Å²) in [5.41, 5.74) is 3.66. The van der Waals surface area contributed by atoms with Crippen molar-refractivity contribution < 1.29 is 19.1 Å². The molecule has 1 aliphatic rings. The Labute approximate surface area is 202 Å². The topological polar surface area (TPSA) is 73.4 Å². The van der Waals surface area contributed by atoms with Crippen molar-refractivity contribution >= 4 is 22.6 Å². The minimum absolute atomic E-state index is 0.134. The molecule has 0 saturated heterocycles. The van der Waals surface area contributed by atoms with Gasteiger partial charge in [-0.1, -0.05) is 60.7 Å². The summed E-state index contributed by atoms with van der Waals surface area (Å²) in [7, 11) is 0. The number of H-pyrrole nitrogens is 1. The third kappa shape index (κ3) is 4.47. The fourth-order valence-corrected chi connectivity index (χ4v) is 4.75. The number of carbonyl (C=O) groups excluding carboxylic acids is 2. The Kier molecular flexibility index (Phi) is 6.19. The lowest BCUT2D eigenvalue weighted by atomic mass is 9.93. The van der Waals surface area contributed by atoms with Crippen molar-refractivity contribution in [2.45, 2.75) is 25.3 Å². The summed E-state index contributed by atoms with van der Waals surface area (Å²) in [6.07, 6.45) is 2.96. The Morgan fingerprint density at radius 3 is 2.37 bits per heavy atom. The van der Waals surface area contributed by atoms with Gasteiger partial charge in [0.15, 0.2) is 11.5 Å². The van der Waals surface area contributed by atoms with E-state index in [1.165, 1.54) is 12.1 Å². The van der Waals surface area contributed by atoms with Crippen LogP contribution in [0, 0.1) is 5.82 Å². The van der Waals surface area contributed by atoms with Gasteiger partial charge in [-0.2, -0.15) is 0 Å². The van der Waals surface area contributed by atoms with Gasteiger partial charge in [0, 0.05) is 35.6 Å². The number of nitrogens with one attached hydrogen (secondary N) is 1. The number of hydrogen-bond acceptors (Lipinski definition) is 3. The van der Waals surface area contributed by atoms with Crippen LogP contribution in [0.4, 0.5) is 4.39 Å². The van der Waals surface area contributed by atoms with Crippen molar-refractivity contribution in [1.29, 1.82) is 0 Å². The van der Waals surface area contributed by atoms with Gasteiger partial charge in [0.2, 0.25) is 0 Å². The number of ketones is 1. The van der Waals surface area contributed by atoms with E-state index in [0.29, 0.717) is 12.8 Å². The highest BCUT2D eigenvalue weighted by molar-refractivity contribution is 6.09. The van der Waals surface area contributed by atoms with Crippen molar-refractivity contribution in [2.24, 2.45) is 0 Å². The molecule has 35 heavy (non-hydrogen) atoms. The van der Waals surface area contributed by atoms with Crippen LogP contribution in [0.2, 0.25) is 0 Å². The molecule has 5 nitrogen and oxygen atoms in total. The van der Waals surface area contributed by atoms with Crippen LogP contribution in [-0.4, -0.2) is 33.2 Å².